The molecule has 3 rings (SSSR count). The summed E-state index contributed by atoms with van der Waals surface area (Å²) in [6.45, 7) is 4.00. The number of allylic oxidation sites excluding steroid dienone is 6. The predicted molar refractivity (Wildman–Crippen MR) is 103 cm³/mol. The van der Waals surface area contributed by atoms with E-state index >= 15 is 0 Å². The second-order valence-electron chi connectivity index (χ2n) is 4.18. The van der Waals surface area contributed by atoms with E-state index in [9.17, 15) is 0 Å². The van der Waals surface area contributed by atoms with Crippen molar-refractivity contribution in [3.05, 3.63) is 83.7 Å². The molecule has 2 aromatic rings. The van der Waals surface area contributed by atoms with Crippen LogP contribution in [0.1, 0.15) is 20.3 Å². The fourth-order valence-electron chi connectivity index (χ4n) is 1.55. The summed E-state index contributed by atoms with van der Waals surface area (Å²) in [6, 6.07) is 9.63. The lowest BCUT2D eigenvalue weighted by molar-refractivity contribution is 1.17. The summed E-state index contributed by atoms with van der Waals surface area (Å²) in [5, 5.41) is 3.09. The van der Waals surface area contributed by atoms with Crippen LogP contribution in [0, 0.1) is 0 Å². The highest BCUT2D eigenvalue weighted by molar-refractivity contribution is 9.10. The van der Waals surface area contributed by atoms with Gasteiger partial charge in [-0.15, -0.1) is 0 Å². The molecule has 0 bridgehead atoms. The molecule has 0 spiro atoms. The Hall–Kier alpha value is -2.20. The van der Waals surface area contributed by atoms with Gasteiger partial charge in [-0.25, -0.2) is 9.97 Å². The molecule has 1 heterocycles. The van der Waals surface area contributed by atoms with Gasteiger partial charge >= 0.3 is 0 Å². The van der Waals surface area contributed by atoms with Gasteiger partial charge in [0.05, 0.1) is 0 Å². The number of rotatable bonds is 2. The van der Waals surface area contributed by atoms with Crippen molar-refractivity contribution in [1.29, 1.82) is 0 Å². The van der Waals surface area contributed by atoms with Gasteiger partial charge in [0.15, 0.2) is 0 Å². The molecule has 0 atom stereocenters. The molecule has 4 heteroatoms. The van der Waals surface area contributed by atoms with Crippen LogP contribution in [0.3, 0.4) is 0 Å². The number of halogens is 1. The Kier molecular flexibility index (Phi) is 10.1. The Labute approximate surface area is 147 Å². The van der Waals surface area contributed by atoms with Crippen LogP contribution in [0.2, 0.25) is 0 Å². The van der Waals surface area contributed by atoms with E-state index in [1.54, 1.807) is 18.5 Å². The van der Waals surface area contributed by atoms with E-state index in [1.807, 2.05) is 50.3 Å². The Bertz CT molecular complexity index is 603. The summed E-state index contributed by atoms with van der Waals surface area (Å²) in [5.74, 6) is 0.606. The maximum Gasteiger partial charge on any atom is 0.227 e. The number of nitrogens with one attached hydrogen (secondary N) is 1. The van der Waals surface area contributed by atoms with Gasteiger partial charge in [0.2, 0.25) is 5.95 Å². The van der Waals surface area contributed by atoms with Crippen molar-refractivity contribution in [2.75, 3.05) is 5.32 Å². The van der Waals surface area contributed by atoms with Crippen molar-refractivity contribution in [3.63, 3.8) is 0 Å². The lowest BCUT2D eigenvalue weighted by Gasteiger charge is -2.03. The minimum atomic E-state index is 0.606. The molecule has 120 valence electrons. The minimum absolute atomic E-state index is 0.606. The monoisotopic (exact) mass is 371 g/mol. The maximum absolute atomic E-state index is 4.06. The first-order chi connectivity index (χ1) is 11.3. The van der Waals surface area contributed by atoms with Crippen LogP contribution >= 0.6 is 15.9 Å². The Morgan fingerprint density at radius 3 is 2.00 bits per heavy atom. The molecular formula is C19H22BrN3. The zero-order chi connectivity index (χ0) is 16.8. The molecule has 1 aliphatic rings. The Morgan fingerprint density at radius 2 is 1.43 bits per heavy atom. The van der Waals surface area contributed by atoms with Gasteiger partial charge in [0, 0.05) is 22.6 Å². The zero-order valence-corrected chi connectivity index (χ0v) is 15.1. The fourth-order valence-corrected chi connectivity index (χ4v) is 1.81. The SMILES string of the molecule is Brc1ccc(Nc2ncccn2)cc1.C1=CC=CCC=C1.CC. The summed E-state index contributed by atoms with van der Waals surface area (Å²) in [5.41, 5.74) is 0.972. The van der Waals surface area contributed by atoms with Crippen molar-refractivity contribution < 1.29 is 0 Å². The number of hydrogen-bond donors (Lipinski definition) is 1. The van der Waals surface area contributed by atoms with Gasteiger partial charge in [0.25, 0.3) is 0 Å². The quantitative estimate of drug-likeness (QED) is 0.696. The van der Waals surface area contributed by atoms with Crippen LogP contribution in [0.4, 0.5) is 11.6 Å². The van der Waals surface area contributed by atoms with E-state index in [1.165, 1.54) is 0 Å². The third-order valence-corrected chi connectivity index (χ3v) is 3.07. The van der Waals surface area contributed by atoms with Gasteiger partial charge < -0.3 is 5.32 Å². The highest BCUT2D eigenvalue weighted by Crippen LogP contribution is 2.16. The summed E-state index contributed by atoms with van der Waals surface area (Å²) in [6.07, 6.45) is 16.9. The van der Waals surface area contributed by atoms with Crippen LogP contribution in [-0.2, 0) is 0 Å². The molecule has 1 N–H and O–H groups in total. The molecule has 0 fully saturated rings. The molecule has 0 unspecified atom stereocenters. The minimum Gasteiger partial charge on any atom is -0.324 e. The molecule has 1 aromatic carbocycles. The molecule has 0 radical (unpaired) electrons. The lowest BCUT2D eigenvalue weighted by atomic mass is 10.3. The average molecular weight is 372 g/mol. The normalized spacial score (nSPS) is 11.4. The summed E-state index contributed by atoms with van der Waals surface area (Å²) < 4.78 is 1.05. The van der Waals surface area contributed by atoms with E-state index in [4.69, 9.17) is 0 Å². The number of hydrogen-bond acceptors (Lipinski definition) is 3. The van der Waals surface area contributed by atoms with Crippen molar-refractivity contribution >= 4 is 27.6 Å². The molecule has 0 saturated carbocycles. The maximum atomic E-state index is 4.06. The van der Waals surface area contributed by atoms with E-state index in [0.29, 0.717) is 5.95 Å². The molecular weight excluding hydrogens is 350 g/mol. The Morgan fingerprint density at radius 1 is 0.870 bits per heavy atom. The van der Waals surface area contributed by atoms with Gasteiger partial charge in [-0.2, -0.15) is 0 Å². The van der Waals surface area contributed by atoms with Gasteiger partial charge in [-0.1, -0.05) is 66.2 Å². The molecule has 0 aliphatic heterocycles. The summed E-state index contributed by atoms with van der Waals surface area (Å²) >= 11 is 3.37. The third kappa shape index (κ3) is 8.73. The van der Waals surface area contributed by atoms with Crippen LogP contribution in [0.15, 0.2) is 83.7 Å². The number of benzene rings is 1. The number of aromatic nitrogens is 2. The highest BCUT2D eigenvalue weighted by Gasteiger charge is 1.94. The highest BCUT2D eigenvalue weighted by atomic mass is 79.9. The third-order valence-electron chi connectivity index (χ3n) is 2.54. The first-order valence-corrected chi connectivity index (χ1v) is 8.42. The summed E-state index contributed by atoms with van der Waals surface area (Å²) in [4.78, 5) is 8.13. The molecule has 1 aliphatic carbocycles. The second kappa shape index (κ2) is 12.4. The van der Waals surface area contributed by atoms with Crippen molar-refractivity contribution in [2.45, 2.75) is 20.3 Å². The van der Waals surface area contributed by atoms with E-state index < -0.39 is 0 Å². The van der Waals surface area contributed by atoms with Crippen LogP contribution in [0.25, 0.3) is 0 Å². The van der Waals surface area contributed by atoms with Crippen LogP contribution < -0.4 is 5.32 Å². The van der Waals surface area contributed by atoms with Crippen molar-refractivity contribution in [1.82, 2.24) is 9.97 Å². The molecule has 3 nitrogen and oxygen atoms in total. The predicted octanol–water partition coefficient (Wildman–Crippen LogP) is 6.07. The standard InChI is InChI=1S/C10H8BrN3.C7H8.C2H6/c11-8-2-4-9(5-3-8)14-10-12-6-1-7-13-10;1-2-4-6-7-5-3-1;1-2/h1-7H,(H,12,13,14);1-6H,7H2;1-2H3. The van der Waals surface area contributed by atoms with E-state index in [0.717, 1.165) is 16.6 Å². The smallest absolute Gasteiger partial charge is 0.227 e. The molecule has 0 saturated heterocycles. The van der Waals surface area contributed by atoms with Crippen molar-refractivity contribution in [2.24, 2.45) is 0 Å². The Balaban J connectivity index is 0.000000247. The first kappa shape index (κ1) is 18.8. The zero-order valence-electron chi connectivity index (χ0n) is 13.5. The first-order valence-electron chi connectivity index (χ1n) is 7.62. The number of nitrogens with zero attached hydrogens (tertiary/aromatic N) is 2. The van der Waals surface area contributed by atoms with Gasteiger partial charge in [-0.3, -0.25) is 0 Å². The largest absolute Gasteiger partial charge is 0.324 e. The fraction of sp³-hybridized carbons (Fsp3) is 0.158. The van der Waals surface area contributed by atoms with Crippen LogP contribution in [0.5, 0.6) is 0 Å². The average Bonchev–Trinajstić information content (AvgIpc) is 2.93. The van der Waals surface area contributed by atoms with E-state index in [2.05, 4.69) is 55.5 Å². The van der Waals surface area contributed by atoms with Gasteiger partial charge in [-0.05, 0) is 36.8 Å². The summed E-state index contributed by atoms with van der Waals surface area (Å²) in [7, 11) is 0. The lowest BCUT2D eigenvalue weighted by Crippen LogP contribution is -1.94. The van der Waals surface area contributed by atoms with Crippen LogP contribution in [-0.4, -0.2) is 9.97 Å². The van der Waals surface area contributed by atoms with Crippen molar-refractivity contribution in [3.8, 4) is 0 Å². The van der Waals surface area contributed by atoms with E-state index in [-0.39, 0.29) is 0 Å². The molecule has 23 heavy (non-hydrogen) atoms. The molecule has 0 amide bonds. The topological polar surface area (TPSA) is 37.8 Å². The number of anilines is 2. The second-order valence-corrected chi connectivity index (χ2v) is 5.10. The molecule has 1 aromatic heterocycles. The van der Waals surface area contributed by atoms with Gasteiger partial charge in [0.1, 0.15) is 0 Å².